The van der Waals surface area contributed by atoms with Crippen LogP contribution in [-0.2, 0) is 9.53 Å². The fraction of sp³-hybridized carbons (Fsp3) is 0.125. The maximum Gasteiger partial charge on any atom is 0.316 e. The molecule has 3 heteroatoms. The molecule has 0 aromatic heterocycles. The van der Waals surface area contributed by atoms with Crippen molar-refractivity contribution < 1.29 is 9.53 Å². The molecule has 0 N–H and O–H groups in total. The summed E-state index contributed by atoms with van der Waals surface area (Å²) in [6.07, 6.45) is 2.13. The molecule has 3 atom stereocenters. The van der Waals surface area contributed by atoms with Crippen molar-refractivity contribution in [2.24, 2.45) is 5.92 Å². The first-order valence-electron chi connectivity index (χ1n) is 9.11. The van der Waals surface area contributed by atoms with Gasteiger partial charge in [-0.15, -0.1) is 11.8 Å². The summed E-state index contributed by atoms with van der Waals surface area (Å²) < 4.78 is 5.82. The van der Waals surface area contributed by atoms with E-state index in [1.807, 2.05) is 48.5 Å². The van der Waals surface area contributed by atoms with Crippen molar-refractivity contribution in [1.29, 1.82) is 0 Å². The number of carbonyl (C=O) groups is 1. The first kappa shape index (κ1) is 16.4. The number of rotatable bonds is 2. The van der Waals surface area contributed by atoms with Gasteiger partial charge in [-0.1, -0.05) is 78.9 Å². The van der Waals surface area contributed by atoms with Gasteiger partial charge in [-0.25, -0.2) is 0 Å². The van der Waals surface area contributed by atoms with Gasteiger partial charge in [0.2, 0.25) is 0 Å². The van der Waals surface area contributed by atoms with E-state index in [9.17, 15) is 4.79 Å². The van der Waals surface area contributed by atoms with Gasteiger partial charge in [0.25, 0.3) is 0 Å². The van der Waals surface area contributed by atoms with Gasteiger partial charge in [-0.2, -0.15) is 0 Å². The standard InChI is InChI=1S/C24H18O2S/c25-24-22-19(15-20(26-24)16-9-3-1-4-10-16)18-13-7-8-14-21(18)27-23(22)17-11-5-2-6-12-17/h1-15,19,22-23H/t19-,22-,23+/m0/s1. The summed E-state index contributed by atoms with van der Waals surface area (Å²) in [5.41, 5.74) is 3.32. The predicted molar refractivity (Wildman–Crippen MR) is 108 cm³/mol. The lowest BCUT2D eigenvalue weighted by molar-refractivity contribution is -0.143. The Morgan fingerprint density at radius 2 is 1.44 bits per heavy atom. The van der Waals surface area contributed by atoms with E-state index in [1.54, 1.807) is 11.8 Å². The van der Waals surface area contributed by atoms with Gasteiger partial charge >= 0.3 is 5.97 Å². The molecule has 2 aliphatic rings. The van der Waals surface area contributed by atoms with Crippen LogP contribution < -0.4 is 0 Å². The first-order valence-corrected chi connectivity index (χ1v) is 9.99. The van der Waals surface area contributed by atoms with E-state index in [4.69, 9.17) is 4.74 Å². The number of benzene rings is 3. The molecule has 0 unspecified atom stereocenters. The number of allylic oxidation sites excluding steroid dienone is 1. The quantitative estimate of drug-likeness (QED) is 0.531. The molecule has 27 heavy (non-hydrogen) atoms. The maximum atomic E-state index is 13.1. The monoisotopic (exact) mass is 370 g/mol. The number of ether oxygens (including phenoxy) is 1. The molecule has 3 aromatic rings. The van der Waals surface area contributed by atoms with E-state index >= 15 is 0 Å². The maximum absolute atomic E-state index is 13.1. The number of hydrogen-bond acceptors (Lipinski definition) is 3. The van der Waals surface area contributed by atoms with Crippen molar-refractivity contribution in [2.75, 3.05) is 0 Å². The summed E-state index contributed by atoms with van der Waals surface area (Å²) in [5, 5.41) is 0.0483. The van der Waals surface area contributed by atoms with Gasteiger partial charge in [0, 0.05) is 21.6 Å². The summed E-state index contributed by atoms with van der Waals surface area (Å²) in [6.45, 7) is 0. The van der Waals surface area contributed by atoms with Crippen LogP contribution in [0, 0.1) is 5.92 Å². The van der Waals surface area contributed by atoms with Crippen LogP contribution in [0.1, 0.15) is 27.9 Å². The Bertz CT molecular complexity index is 1010. The van der Waals surface area contributed by atoms with E-state index in [0.717, 1.165) is 5.56 Å². The second-order valence-corrected chi connectivity index (χ2v) is 8.04. The van der Waals surface area contributed by atoms with Crippen LogP contribution >= 0.6 is 11.8 Å². The lowest BCUT2D eigenvalue weighted by Crippen LogP contribution is -2.34. The Hall–Kier alpha value is -2.78. The van der Waals surface area contributed by atoms with Gasteiger partial charge in [-0.05, 0) is 23.3 Å². The molecule has 0 spiro atoms. The molecular weight excluding hydrogens is 352 g/mol. The van der Waals surface area contributed by atoms with Gasteiger partial charge in [0.15, 0.2) is 0 Å². The lowest BCUT2D eigenvalue weighted by atomic mass is 9.79. The zero-order valence-corrected chi connectivity index (χ0v) is 15.4. The van der Waals surface area contributed by atoms with Gasteiger partial charge in [0.05, 0.1) is 5.92 Å². The third-order valence-electron chi connectivity index (χ3n) is 5.25. The molecule has 2 heterocycles. The van der Waals surface area contributed by atoms with Crippen molar-refractivity contribution >= 4 is 23.5 Å². The second-order valence-electron chi connectivity index (χ2n) is 6.86. The number of hydrogen-bond donors (Lipinski definition) is 0. The molecule has 0 fully saturated rings. The molecule has 0 aliphatic carbocycles. The molecule has 0 amide bonds. The Balaban J connectivity index is 1.65. The Kier molecular flexibility index (Phi) is 4.10. The van der Waals surface area contributed by atoms with Crippen LogP contribution in [0.25, 0.3) is 5.76 Å². The van der Waals surface area contributed by atoms with Crippen molar-refractivity contribution in [3.8, 4) is 0 Å². The van der Waals surface area contributed by atoms with Gasteiger partial charge in [0.1, 0.15) is 5.76 Å². The van der Waals surface area contributed by atoms with Gasteiger partial charge < -0.3 is 4.74 Å². The molecule has 0 saturated heterocycles. The van der Waals surface area contributed by atoms with Crippen LogP contribution in [0.2, 0.25) is 0 Å². The van der Waals surface area contributed by atoms with Crippen molar-refractivity contribution in [2.45, 2.75) is 16.1 Å². The van der Waals surface area contributed by atoms with Crippen LogP contribution in [-0.4, -0.2) is 5.97 Å². The third-order valence-corrected chi connectivity index (χ3v) is 6.69. The highest BCUT2D eigenvalue weighted by Crippen LogP contribution is 2.56. The number of cyclic esters (lactones) is 1. The summed E-state index contributed by atoms with van der Waals surface area (Å²) >= 11 is 1.77. The van der Waals surface area contributed by atoms with E-state index in [1.165, 1.54) is 16.0 Å². The molecule has 0 bridgehead atoms. The van der Waals surface area contributed by atoms with E-state index < -0.39 is 0 Å². The fourth-order valence-electron chi connectivity index (χ4n) is 3.97. The van der Waals surface area contributed by atoms with Crippen LogP contribution in [0.3, 0.4) is 0 Å². The number of fused-ring (bicyclic) bond motifs is 3. The molecule has 132 valence electrons. The number of thioether (sulfide) groups is 1. The molecular formula is C24H18O2S. The largest absolute Gasteiger partial charge is 0.426 e. The minimum atomic E-state index is -0.222. The van der Waals surface area contributed by atoms with E-state index in [2.05, 4.69) is 42.5 Å². The zero-order valence-electron chi connectivity index (χ0n) is 14.6. The number of carbonyl (C=O) groups excluding carboxylic acids is 1. The summed E-state index contributed by atoms with van der Waals surface area (Å²) in [5.74, 6) is 0.316. The highest BCUT2D eigenvalue weighted by molar-refractivity contribution is 7.99. The Labute approximate surface area is 162 Å². The minimum absolute atomic E-state index is 0.0177. The normalized spacial score (nSPS) is 23.6. The predicted octanol–water partition coefficient (Wildman–Crippen LogP) is 5.83. The van der Waals surface area contributed by atoms with Crippen LogP contribution in [0.5, 0.6) is 0 Å². The fourth-order valence-corrected chi connectivity index (χ4v) is 5.46. The highest BCUT2D eigenvalue weighted by atomic mass is 32.2. The summed E-state index contributed by atoms with van der Waals surface area (Å²) in [7, 11) is 0. The minimum Gasteiger partial charge on any atom is -0.426 e. The Morgan fingerprint density at radius 3 is 2.22 bits per heavy atom. The summed E-state index contributed by atoms with van der Waals surface area (Å²) in [4.78, 5) is 14.4. The van der Waals surface area contributed by atoms with Crippen molar-refractivity contribution in [3.05, 3.63) is 108 Å². The van der Waals surface area contributed by atoms with E-state index in [0.29, 0.717) is 5.76 Å². The lowest BCUT2D eigenvalue weighted by Gasteiger charge is -2.39. The molecule has 0 saturated carbocycles. The van der Waals surface area contributed by atoms with Crippen LogP contribution in [0.4, 0.5) is 0 Å². The molecule has 2 nitrogen and oxygen atoms in total. The van der Waals surface area contributed by atoms with Crippen molar-refractivity contribution in [3.63, 3.8) is 0 Å². The summed E-state index contributed by atoms with van der Waals surface area (Å²) in [6, 6.07) is 28.6. The smallest absolute Gasteiger partial charge is 0.316 e. The molecule has 2 aliphatic heterocycles. The van der Waals surface area contributed by atoms with Crippen LogP contribution in [0.15, 0.2) is 95.9 Å². The third kappa shape index (κ3) is 2.88. The number of esters is 1. The van der Waals surface area contributed by atoms with Gasteiger partial charge in [-0.3, -0.25) is 4.79 Å². The average molecular weight is 370 g/mol. The SMILES string of the molecule is O=C1OC(c2ccccc2)=C[C@H]2c3ccccc3S[C@H](c3ccccc3)[C@@H]12. The first-order chi connectivity index (χ1) is 13.3. The average Bonchev–Trinajstić information content (AvgIpc) is 2.74. The Morgan fingerprint density at radius 1 is 0.778 bits per heavy atom. The zero-order chi connectivity index (χ0) is 18.2. The topological polar surface area (TPSA) is 26.3 Å². The molecule has 0 radical (unpaired) electrons. The van der Waals surface area contributed by atoms with E-state index in [-0.39, 0.29) is 23.1 Å². The van der Waals surface area contributed by atoms with Crippen molar-refractivity contribution in [1.82, 2.24) is 0 Å². The molecule has 3 aromatic carbocycles. The molecule has 5 rings (SSSR count). The second kappa shape index (κ2) is 6.75. The highest BCUT2D eigenvalue weighted by Gasteiger charge is 2.45.